The highest BCUT2D eigenvalue weighted by Crippen LogP contribution is 2.36. The molecule has 0 bridgehead atoms. The molecule has 1 aromatic heterocycles. The average molecular weight is 286 g/mol. The van der Waals surface area contributed by atoms with E-state index in [4.69, 9.17) is 4.42 Å². The van der Waals surface area contributed by atoms with Crippen molar-refractivity contribution in [1.29, 1.82) is 0 Å². The van der Waals surface area contributed by atoms with Gasteiger partial charge < -0.3 is 4.42 Å². The largest absolute Gasteiger partial charge is 0.455 e. The van der Waals surface area contributed by atoms with Crippen molar-refractivity contribution < 1.29 is 4.42 Å². The summed E-state index contributed by atoms with van der Waals surface area (Å²) in [5.41, 5.74) is 6.91. The number of fused-ring (bicyclic) bond motifs is 3. The summed E-state index contributed by atoms with van der Waals surface area (Å²) in [5.74, 6) is 0. The minimum absolute atomic E-state index is 0.986. The van der Waals surface area contributed by atoms with E-state index >= 15 is 0 Å². The highest BCUT2D eigenvalue weighted by molar-refractivity contribution is 6.10. The fraction of sp³-hybridized carbons (Fsp3) is 0.143. The molecule has 4 aromatic rings. The van der Waals surface area contributed by atoms with Gasteiger partial charge in [0.1, 0.15) is 11.2 Å². The molecule has 0 saturated heterocycles. The highest BCUT2D eigenvalue weighted by Gasteiger charge is 2.13. The number of para-hydroxylation sites is 2. The molecule has 22 heavy (non-hydrogen) atoms. The van der Waals surface area contributed by atoms with Gasteiger partial charge >= 0.3 is 0 Å². The Morgan fingerprint density at radius 1 is 0.818 bits per heavy atom. The summed E-state index contributed by atoms with van der Waals surface area (Å²) in [6.07, 6.45) is 1.04. The molecule has 1 nitrogen and oxygen atoms in total. The zero-order valence-corrected chi connectivity index (χ0v) is 12.9. The highest BCUT2D eigenvalue weighted by atomic mass is 16.3. The lowest BCUT2D eigenvalue weighted by Crippen LogP contribution is -1.83. The van der Waals surface area contributed by atoms with Crippen LogP contribution >= 0.6 is 0 Å². The van der Waals surface area contributed by atoms with Gasteiger partial charge in [0, 0.05) is 16.3 Å². The second-order valence-corrected chi connectivity index (χ2v) is 5.79. The Bertz CT molecular complexity index is 976. The maximum atomic E-state index is 6.24. The smallest absolute Gasteiger partial charge is 0.143 e. The SMILES string of the molecule is CCc1cccc(-c2cccc3c2oc2c(C)cccc23)c1. The molecule has 1 heteroatoms. The fourth-order valence-electron chi connectivity index (χ4n) is 3.15. The van der Waals surface area contributed by atoms with Gasteiger partial charge in [-0.2, -0.15) is 0 Å². The van der Waals surface area contributed by atoms with Gasteiger partial charge in [-0.25, -0.2) is 0 Å². The molecule has 108 valence electrons. The third-order valence-electron chi connectivity index (χ3n) is 4.37. The minimum Gasteiger partial charge on any atom is -0.455 e. The maximum absolute atomic E-state index is 6.24. The molecule has 1 heterocycles. The Hall–Kier alpha value is -2.54. The van der Waals surface area contributed by atoms with Crippen LogP contribution in [0.2, 0.25) is 0 Å². The van der Waals surface area contributed by atoms with Crippen molar-refractivity contribution in [2.45, 2.75) is 20.3 Å². The zero-order valence-electron chi connectivity index (χ0n) is 12.9. The Labute approximate surface area is 130 Å². The molecule has 0 aliphatic carbocycles. The van der Waals surface area contributed by atoms with E-state index in [9.17, 15) is 0 Å². The third kappa shape index (κ3) is 1.93. The first-order valence-electron chi connectivity index (χ1n) is 7.78. The molecule has 0 saturated carbocycles. The van der Waals surface area contributed by atoms with E-state index < -0.39 is 0 Å². The van der Waals surface area contributed by atoms with E-state index in [-0.39, 0.29) is 0 Å². The van der Waals surface area contributed by atoms with E-state index in [0.29, 0.717) is 0 Å². The van der Waals surface area contributed by atoms with E-state index in [1.807, 2.05) is 0 Å². The number of furan rings is 1. The summed E-state index contributed by atoms with van der Waals surface area (Å²) in [5, 5.41) is 2.39. The van der Waals surface area contributed by atoms with Gasteiger partial charge in [0.05, 0.1) is 0 Å². The monoisotopic (exact) mass is 286 g/mol. The van der Waals surface area contributed by atoms with Crippen LogP contribution in [0.1, 0.15) is 18.1 Å². The number of rotatable bonds is 2. The molecule has 0 atom stereocenters. The predicted molar refractivity (Wildman–Crippen MR) is 93.3 cm³/mol. The van der Waals surface area contributed by atoms with Crippen molar-refractivity contribution >= 4 is 21.9 Å². The summed E-state index contributed by atoms with van der Waals surface area (Å²) in [7, 11) is 0. The van der Waals surface area contributed by atoms with Gasteiger partial charge in [0.25, 0.3) is 0 Å². The Kier molecular flexibility index (Phi) is 3.00. The molecule has 3 aromatic carbocycles. The van der Waals surface area contributed by atoms with Crippen molar-refractivity contribution in [3.05, 3.63) is 71.8 Å². The van der Waals surface area contributed by atoms with E-state index in [1.54, 1.807) is 0 Å². The van der Waals surface area contributed by atoms with Crippen LogP contribution in [-0.2, 0) is 6.42 Å². The minimum atomic E-state index is 0.986. The average Bonchev–Trinajstić information content (AvgIpc) is 2.95. The first-order chi connectivity index (χ1) is 10.8. The molecule has 0 aliphatic rings. The van der Waals surface area contributed by atoms with Crippen molar-refractivity contribution in [3.8, 4) is 11.1 Å². The lowest BCUT2D eigenvalue weighted by Gasteiger charge is -2.04. The van der Waals surface area contributed by atoms with Crippen LogP contribution in [-0.4, -0.2) is 0 Å². The van der Waals surface area contributed by atoms with Gasteiger partial charge in [-0.1, -0.05) is 67.6 Å². The Morgan fingerprint density at radius 3 is 2.36 bits per heavy atom. The summed E-state index contributed by atoms with van der Waals surface area (Å²) in [6.45, 7) is 4.28. The topological polar surface area (TPSA) is 13.1 Å². The number of hydrogen-bond donors (Lipinski definition) is 0. The van der Waals surface area contributed by atoms with Crippen LogP contribution in [0.5, 0.6) is 0 Å². The van der Waals surface area contributed by atoms with Crippen LogP contribution in [0.4, 0.5) is 0 Å². The van der Waals surface area contributed by atoms with Crippen molar-refractivity contribution in [3.63, 3.8) is 0 Å². The molecule has 0 N–H and O–H groups in total. The summed E-state index contributed by atoms with van der Waals surface area (Å²) in [6, 6.07) is 21.5. The summed E-state index contributed by atoms with van der Waals surface area (Å²) in [4.78, 5) is 0. The second kappa shape index (κ2) is 5.03. The molecule has 4 rings (SSSR count). The van der Waals surface area contributed by atoms with Gasteiger partial charge in [0.2, 0.25) is 0 Å². The van der Waals surface area contributed by atoms with Crippen molar-refractivity contribution in [2.24, 2.45) is 0 Å². The summed E-state index contributed by atoms with van der Waals surface area (Å²) < 4.78 is 6.24. The summed E-state index contributed by atoms with van der Waals surface area (Å²) >= 11 is 0. The maximum Gasteiger partial charge on any atom is 0.143 e. The lowest BCUT2D eigenvalue weighted by atomic mass is 10.00. The molecular formula is C21H18O. The van der Waals surface area contributed by atoms with Crippen molar-refractivity contribution in [1.82, 2.24) is 0 Å². The van der Waals surface area contributed by atoms with Gasteiger partial charge in [-0.15, -0.1) is 0 Å². The van der Waals surface area contributed by atoms with E-state index in [2.05, 4.69) is 74.5 Å². The van der Waals surface area contributed by atoms with Gasteiger partial charge in [-0.05, 0) is 30.0 Å². The molecule has 0 amide bonds. The fourth-order valence-corrected chi connectivity index (χ4v) is 3.15. The first kappa shape index (κ1) is 13.1. The molecule has 0 unspecified atom stereocenters. The van der Waals surface area contributed by atoms with Crippen LogP contribution in [0.15, 0.2) is 65.1 Å². The lowest BCUT2D eigenvalue weighted by molar-refractivity contribution is 0.667. The normalized spacial score (nSPS) is 11.4. The Morgan fingerprint density at radius 2 is 1.55 bits per heavy atom. The molecule has 0 spiro atoms. The van der Waals surface area contributed by atoms with E-state index in [0.717, 1.165) is 17.6 Å². The van der Waals surface area contributed by atoms with Crippen LogP contribution < -0.4 is 0 Å². The second-order valence-electron chi connectivity index (χ2n) is 5.79. The molecule has 0 radical (unpaired) electrons. The van der Waals surface area contributed by atoms with Crippen molar-refractivity contribution in [2.75, 3.05) is 0 Å². The Balaban J connectivity index is 2.06. The molecule has 0 fully saturated rings. The predicted octanol–water partition coefficient (Wildman–Crippen LogP) is 6.12. The molecular weight excluding hydrogens is 268 g/mol. The quantitative estimate of drug-likeness (QED) is 0.432. The van der Waals surface area contributed by atoms with Crippen LogP contribution in [0, 0.1) is 6.92 Å². The zero-order chi connectivity index (χ0) is 15.1. The first-order valence-corrected chi connectivity index (χ1v) is 7.78. The van der Waals surface area contributed by atoms with Crippen LogP contribution in [0.3, 0.4) is 0 Å². The molecule has 0 aliphatic heterocycles. The standard InChI is InChI=1S/C21H18O/c1-3-15-8-5-9-16(13-15)17-10-6-12-19-18-11-4-7-14(2)20(18)22-21(17)19/h4-13H,3H2,1-2H3. The number of aryl methyl sites for hydroxylation is 2. The van der Waals surface area contributed by atoms with Gasteiger partial charge in [0.15, 0.2) is 0 Å². The van der Waals surface area contributed by atoms with Gasteiger partial charge in [-0.3, -0.25) is 0 Å². The number of hydrogen-bond acceptors (Lipinski definition) is 1. The van der Waals surface area contributed by atoms with Crippen LogP contribution in [0.25, 0.3) is 33.1 Å². The van der Waals surface area contributed by atoms with E-state index in [1.165, 1.54) is 33.0 Å². The third-order valence-corrected chi connectivity index (χ3v) is 4.37. The number of benzene rings is 3.